The molecule has 1 N–H and O–H groups in total. The van der Waals surface area contributed by atoms with Gasteiger partial charge in [0.15, 0.2) is 17.3 Å². The SMILES string of the molecule is CC(=O)c1cc([N+](=O)[O-])cc(F)c1O. The van der Waals surface area contributed by atoms with Crippen LogP contribution in [0.1, 0.15) is 17.3 Å². The number of rotatable bonds is 2. The number of benzene rings is 1. The molecule has 6 heteroatoms. The summed E-state index contributed by atoms with van der Waals surface area (Å²) in [5.74, 6) is -2.67. The minimum absolute atomic E-state index is 0.392. The molecule has 74 valence electrons. The zero-order chi connectivity index (χ0) is 10.9. The summed E-state index contributed by atoms with van der Waals surface area (Å²) in [6, 6.07) is 1.39. The number of non-ortho nitro benzene ring substituents is 1. The van der Waals surface area contributed by atoms with Gasteiger partial charge in [-0.15, -0.1) is 0 Å². The third-order valence-electron chi connectivity index (χ3n) is 1.64. The van der Waals surface area contributed by atoms with Crippen LogP contribution < -0.4 is 0 Å². The van der Waals surface area contributed by atoms with Crippen LogP contribution in [-0.4, -0.2) is 15.8 Å². The van der Waals surface area contributed by atoms with E-state index in [9.17, 15) is 19.3 Å². The summed E-state index contributed by atoms with van der Waals surface area (Å²) in [5, 5.41) is 19.3. The fraction of sp³-hybridized carbons (Fsp3) is 0.125. The molecule has 0 aromatic heterocycles. The first-order valence-electron chi connectivity index (χ1n) is 3.61. The lowest BCUT2D eigenvalue weighted by atomic mass is 10.1. The van der Waals surface area contributed by atoms with Crippen molar-refractivity contribution in [3.63, 3.8) is 0 Å². The predicted octanol–water partition coefficient (Wildman–Crippen LogP) is 1.64. The minimum Gasteiger partial charge on any atom is -0.504 e. The molecule has 1 aromatic rings. The average molecular weight is 199 g/mol. The van der Waals surface area contributed by atoms with E-state index in [-0.39, 0.29) is 0 Å². The number of nitro benzene ring substituents is 1. The van der Waals surface area contributed by atoms with E-state index in [0.717, 1.165) is 13.0 Å². The number of hydrogen-bond acceptors (Lipinski definition) is 4. The zero-order valence-corrected chi connectivity index (χ0v) is 7.15. The number of phenolic OH excluding ortho intramolecular Hbond substituents is 1. The van der Waals surface area contributed by atoms with E-state index in [2.05, 4.69) is 0 Å². The van der Waals surface area contributed by atoms with Gasteiger partial charge in [-0.25, -0.2) is 4.39 Å². The van der Waals surface area contributed by atoms with Gasteiger partial charge in [-0.05, 0) is 6.92 Å². The van der Waals surface area contributed by atoms with E-state index < -0.39 is 33.5 Å². The number of carbonyl (C=O) groups excluding carboxylic acids is 1. The smallest absolute Gasteiger partial charge is 0.273 e. The second kappa shape index (κ2) is 3.41. The largest absolute Gasteiger partial charge is 0.504 e. The molecule has 0 unspecified atom stereocenters. The third-order valence-corrected chi connectivity index (χ3v) is 1.64. The van der Waals surface area contributed by atoms with Crippen molar-refractivity contribution in [3.05, 3.63) is 33.6 Å². The van der Waals surface area contributed by atoms with E-state index in [4.69, 9.17) is 5.11 Å². The van der Waals surface area contributed by atoms with Crippen LogP contribution >= 0.6 is 0 Å². The number of Topliss-reactive ketones (excluding diaryl/α,β-unsaturated/α-hetero) is 1. The number of hydrogen-bond donors (Lipinski definition) is 1. The maximum absolute atomic E-state index is 12.9. The van der Waals surface area contributed by atoms with E-state index in [0.29, 0.717) is 6.07 Å². The molecule has 0 aliphatic rings. The molecular weight excluding hydrogens is 193 g/mol. The molecular formula is C8H6FNO4. The van der Waals surface area contributed by atoms with Gasteiger partial charge in [-0.2, -0.15) is 0 Å². The molecule has 0 saturated carbocycles. The number of phenols is 1. The number of nitrogens with zero attached hydrogens (tertiary/aromatic N) is 1. The first kappa shape index (κ1) is 10.1. The predicted molar refractivity (Wildman–Crippen MR) is 44.7 cm³/mol. The van der Waals surface area contributed by atoms with Crippen LogP contribution in [0.25, 0.3) is 0 Å². The lowest BCUT2D eigenvalue weighted by molar-refractivity contribution is -0.385. The van der Waals surface area contributed by atoms with Gasteiger partial charge in [-0.1, -0.05) is 0 Å². The first-order valence-corrected chi connectivity index (χ1v) is 3.61. The monoisotopic (exact) mass is 199 g/mol. The highest BCUT2D eigenvalue weighted by atomic mass is 19.1. The first-order chi connectivity index (χ1) is 6.43. The summed E-state index contributed by atoms with van der Waals surface area (Å²) in [5.41, 5.74) is -0.956. The van der Waals surface area contributed by atoms with Crippen molar-refractivity contribution >= 4 is 11.5 Å². The number of aromatic hydroxyl groups is 1. The molecule has 1 rings (SSSR count). The van der Waals surface area contributed by atoms with Gasteiger partial charge >= 0.3 is 0 Å². The summed E-state index contributed by atoms with van der Waals surface area (Å²) in [7, 11) is 0. The van der Waals surface area contributed by atoms with Crippen molar-refractivity contribution < 1.29 is 19.2 Å². The van der Waals surface area contributed by atoms with Crippen molar-refractivity contribution in [2.75, 3.05) is 0 Å². The van der Waals surface area contributed by atoms with Crippen LogP contribution in [0, 0.1) is 15.9 Å². The zero-order valence-electron chi connectivity index (χ0n) is 7.15. The van der Waals surface area contributed by atoms with Crippen LogP contribution in [0.4, 0.5) is 10.1 Å². The summed E-state index contributed by atoms with van der Waals surface area (Å²) in [4.78, 5) is 20.3. The highest BCUT2D eigenvalue weighted by Gasteiger charge is 2.18. The van der Waals surface area contributed by atoms with E-state index in [1.165, 1.54) is 0 Å². The molecule has 0 spiro atoms. The topological polar surface area (TPSA) is 80.4 Å². The fourth-order valence-corrected chi connectivity index (χ4v) is 0.959. The maximum atomic E-state index is 12.9. The van der Waals surface area contributed by atoms with Crippen LogP contribution in [0.15, 0.2) is 12.1 Å². The van der Waals surface area contributed by atoms with Crippen molar-refractivity contribution in [1.82, 2.24) is 0 Å². The molecule has 0 aliphatic heterocycles. The molecule has 0 radical (unpaired) electrons. The Morgan fingerprint density at radius 2 is 2.14 bits per heavy atom. The van der Waals surface area contributed by atoms with Gasteiger partial charge in [0.1, 0.15) is 0 Å². The Morgan fingerprint density at radius 1 is 1.57 bits per heavy atom. The Bertz CT molecular complexity index is 416. The van der Waals surface area contributed by atoms with E-state index in [1.54, 1.807) is 0 Å². The molecule has 0 heterocycles. The molecule has 0 aliphatic carbocycles. The summed E-state index contributed by atoms with van der Waals surface area (Å²) >= 11 is 0. The Morgan fingerprint density at radius 3 is 2.57 bits per heavy atom. The van der Waals surface area contributed by atoms with Crippen molar-refractivity contribution in [2.45, 2.75) is 6.92 Å². The average Bonchev–Trinajstić information content (AvgIpc) is 2.08. The lowest BCUT2D eigenvalue weighted by Gasteiger charge is -2.01. The van der Waals surface area contributed by atoms with Gasteiger partial charge in [0.05, 0.1) is 16.6 Å². The Kier molecular flexibility index (Phi) is 2.46. The van der Waals surface area contributed by atoms with Crippen molar-refractivity contribution in [3.8, 4) is 5.75 Å². The van der Waals surface area contributed by atoms with Crippen molar-refractivity contribution in [2.24, 2.45) is 0 Å². The van der Waals surface area contributed by atoms with Crippen molar-refractivity contribution in [1.29, 1.82) is 0 Å². The van der Waals surface area contributed by atoms with Crippen LogP contribution in [0.3, 0.4) is 0 Å². The number of nitro groups is 1. The summed E-state index contributed by atoms with van der Waals surface area (Å²) in [6.45, 7) is 1.08. The fourth-order valence-electron chi connectivity index (χ4n) is 0.959. The lowest BCUT2D eigenvalue weighted by Crippen LogP contribution is -1.98. The molecule has 0 fully saturated rings. The molecule has 0 saturated heterocycles. The molecule has 0 bridgehead atoms. The summed E-state index contributed by atoms with van der Waals surface area (Å²) in [6.07, 6.45) is 0. The van der Waals surface area contributed by atoms with Gasteiger partial charge in [0.2, 0.25) is 0 Å². The van der Waals surface area contributed by atoms with Gasteiger partial charge in [0, 0.05) is 6.07 Å². The number of ketones is 1. The highest BCUT2D eigenvalue weighted by molar-refractivity contribution is 5.97. The quantitative estimate of drug-likeness (QED) is 0.446. The van der Waals surface area contributed by atoms with Crippen LogP contribution in [0.5, 0.6) is 5.75 Å². The highest BCUT2D eigenvalue weighted by Crippen LogP contribution is 2.27. The van der Waals surface area contributed by atoms with Crippen LogP contribution in [-0.2, 0) is 0 Å². The maximum Gasteiger partial charge on any atom is 0.273 e. The van der Waals surface area contributed by atoms with Gasteiger partial charge < -0.3 is 5.11 Å². The number of carbonyl (C=O) groups is 1. The Balaban J connectivity index is 3.43. The van der Waals surface area contributed by atoms with E-state index in [1.807, 2.05) is 0 Å². The molecule has 14 heavy (non-hydrogen) atoms. The Labute approximate surface area is 77.9 Å². The van der Waals surface area contributed by atoms with E-state index >= 15 is 0 Å². The number of halogens is 1. The second-order valence-corrected chi connectivity index (χ2v) is 2.64. The molecule has 1 aromatic carbocycles. The standard InChI is InChI=1S/C8H6FNO4/c1-4(11)6-2-5(10(13)14)3-7(9)8(6)12/h2-3,12H,1H3. The van der Waals surface area contributed by atoms with Gasteiger partial charge in [-0.3, -0.25) is 14.9 Å². The summed E-state index contributed by atoms with van der Waals surface area (Å²) < 4.78 is 12.9. The molecule has 5 nitrogen and oxygen atoms in total. The normalized spacial score (nSPS) is 9.86. The molecule has 0 amide bonds. The third kappa shape index (κ3) is 1.68. The van der Waals surface area contributed by atoms with Crippen LogP contribution in [0.2, 0.25) is 0 Å². The minimum atomic E-state index is -1.18. The van der Waals surface area contributed by atoms with Gasteiger partial charge in [0.25, 0.3) is 5.69 Å². The molecule has 0 atom stereocenters. The second-order valence-electron chi connectivity index (χ2n) is 2.64. The Hall–Kier alpha value is -1.98.